The molecule has 72 valence electrons. The van der Waals surface area contributed by atoms with Crippen molar-refractivity contribution < 1.29 is 8.42 Å². The number of hydrogen-bond donors (Lipinski definition) is 2. The average Bonchev–Trinajstić information content (AvgIpc) is 1.78. The van der Waals surface area contributed by atoms with Gasteiger partial charge in [0.2, 0.25) is 10.0 Å². The van der Waals surface area contributed by atoms with Crippen LogP contribution in [-0.2, 0) is 15.8 Å². The predicted molar refractivity (Wildman–Crippen MR) is 52.7 cm³/mol. The highest BCUT2D eigenvalue weighted by atomic mass is 35.5. The summed E-state index contributed by atoms with van der Waals surface area (Å²) in [6.45, 7) is 0. The van der Waals surface area contributed by atoms with Gasteiger partial charge in [-0.15, -0.1) is 0 Å². The molecule has 0 heterocycles. The minimum atomic E-state index is -3.52. The van der Waals surface area contributed by atoms with Gasteiger partial charge in [-0.3, -0.25) is 0 Å². The average molecular weight is 221 g/mol. The van der Waals surface area contributed by atoms with Crippen molar-refractivity contribution in [1.82, 2.24) is 0 Å². The Kier molecular flexibility index (Phi) is 2.80. The summed E-state index contributed by atoms with van der Waals surface area (Å²) in [5.41, 5.74) is 6.37. The van der Waals surface area contributed by atoms with E-state index in [2.05, 4.69) is 0 Å². The van der Waals surface area contributed by atoms with Gasteiger partial charge in [-0.1, -0.05) is 11.6 Å². The van der Waals surface area contributed by atoms with E-state index in [0.717, 1.165) is 0 Å². The third-order valence-corrected chi connectivity index (χ3v) is 2.30. The monoisotopic (exact) mass is 220 g/mol. The van der Waals surface area contributed by atoms with E-state index in [9.17, 15) is 8.42 Å². The maximum absolute atomic E-state index is 10.7. The van der Waals surface area contributed by atoms with Gasteiger partial charge in [0.25, 0.3) is 0 Å². The summed E-state index contributed by atoms with van der Waals surface area (Å²) in [5, 5.41) is 5.26. The Morgan fingerprint density at radius 3 is 2.38 bits per heavy atom. The molecule has 6 heteroatoms. The fourth-order valence-corrected chi connectivity index (χ4v) is 1.89. The minimum absolute atomic E-state index is 0.252. The summed E-state index contributed by atoms with van der Waals surface area (Å²) in [5.74, 6) is -0.252. The molecular formula is C7H9ClN2O2S. The smallest absolute Gasteiger partial charge is 0.213 e. The van der Waals surface area contributed by atoms with Crippen LogP contribution in [0.2, 0.25) is 5.02 Å². The van der Waals surface area contributed by atoms with E-state index < -0.39 is 10.0 Å². The number of primary sulfonamides is 1. The van der Waals surface area contributed by atoms with E-state index in [4.69, 9.17) is 22.5 Å². The van der Waals surface area contributed by atoms with E-state index >= 15 is 0 Å². The van der Waals surface area contributed by atoms with Gasteiger partial charge in [0.15, 0.2) is 0 Å². The Labute approximate surface area is 81.5 Å². The van der Waals surface area contributed by atoms with Crippen molar-refractivity contribution >= 4 is 27.3 Å². The minimum Gasteiger partial charge on any atom is -0.399 e. The van der Waals surface area contributed by atoms with Gasteiger partial charge in [0.05, 0.1) is 5.75 Å². The number of nitrogen functional groups attached to an aromatic ring is 1. The van der Waals surface area contributed by atoms with Crippen LogP contribution in [0.15, 0.2) is 18.2 Å². The first-order valence-electron chi connectivity index (χ1n) is 3.42. The zero-order valence-corrected chi connectivity index (χ0v) is 8.27. The summed E-state index contributed by atoms with van der Waals surface area (Å²) in [6, 6.07) is 4.58. The Morgan fingerprint density at radius 2 is 1.92 bits per heavy atom. The number of halogens is 1. The highest BCUT2D eigenvalue weighted by molar-refractivity contribution is 7.88. The van der Waals surface area contributed by atoms with Gasteiger partial charge >= 0.3 is 0 Å². The zero-order chi connectivity index (χ0) is 10.1. The molecule has 0 bridgehead atoms. The quantitative estimate of drug-likeness (QED) is 0.720. The molecule has 0 atom stereocenters. The van der Waals surface area contributed by atoms with Crippen molar-refractivity contribution in [3.05, 3.63) is 28.8 Å². The highest BCUT2D eigenvalue weighted by Crippen LogP contribution is 2.17. The van der Waals surface area contributed by atoms with Gasteiger partial charge in [-0.2, -0.15) is 0 Å². The topological polar surface area (TPSA) is 86.2 Å². The lowest BCUT2D eigenvalue weighted by Gasteiger charge is -2.01. The second kappa shape index (κ2) is 3.53. The molecule has 0 aliphatic rings. The Balaban J connectivity index is 3.03. The third kappa shape index (κ3) is 3.63. The summed E-state index contributed by atoms with van der Waals surface area (Å²) in [6.07, 6.45) is 0. The van der Waals surface area contributed by atoms with Gasteiger partial charge in [-0.05, 0) is 23.8 Å². The lowest BCUT2D eigenvalue weighted by atomic mass is 10.2. The molecule has 4 nitrogen and oxygen atoms in total. The molecular weight excluding hydrogens is 212 g/mol. The van der Waals surface area contributed by atoms with E-state index in [1.807, 2.05) is 0 Å². The molecule has 1 aromatic rings. The molecule has 0 aromatic heterocycles. The molecule has 1 rings (SSSR count). The molecule has 0 aliphatic heterocycles. The first kappa shape index (κ1) is 10.3. The van der Waals surface area contributed by atoms with Crippen molar-refractivity contribution in [1.29, 1.82) is 0 Å². The molecule has 0 radical (unpaired) electrons. The Bertz CT molecular complexity index is 396. The van der Waals surface area contributed by atoms with Crippen LogP contribution in [0.25, 0.3) is 0 Å². The molecule has 0 spiro atoms. The summed E-state index contributed by atoms with van der Waals surface area (Å²) in [7, 11) is -3.52. The molecule has 4 N–H and O–H groups in total. The lowest BCUT2D eigenvalue weighted by Crippen LogP contribution is -2.14. The normalized spacial score (nSPS) is 11.5. The molecule has 0 unspecified atom stereocenters. The van der Waals surface area contributed by atoms with Crippen molar-refractivity contribution in [2.75, 3.05) is 5.73 Å². The number of nitrogens with two attached hydrogens (primary N) is 2. The van der Waals surface area contributed by atoms with Gasteiger partial charge in [-0.25, -0.2) is 13.6 Å². The van der Waals surface area contributed by atoms with E-state index in [1.165, 1.54) is 18.2 Å². The molecule has 13 heavy (non-hydrogen) atoms. The fraction of sp³-hybridized carbons (Fsp3) is 0.143. The van der Waals surface area contributed by atoms with Gasteiger partial charge < -0.3 is 5.73 Å². The molecule has 0 saturated heterocycles. The van der Waals surface area contributed by atoms with Crippen molar-refractivity contribution in [2.45, 2.75) is 5.75 Å². The van der Waals surface area contributed by atoms with E-state index in [-0.39, 0.29) is 5.75 Å². The Morgan fingerprint density at radius 1 is 1.31 bits per heavy atom. The van der Waals surface area contributed by atoms with Crippen LogP contribution in [-0.4, -0.2) is 8.42 Å². The molecule has 0 aliphatic carbocycles. The van der Waals surface area contributed by atoms with Gasteiger partial charge in [0.1, 0.15) is 0 Å². The third-order valence-electron chi connectivity index (χ3n) is 1.35. The van der Waals surface area contributed by atoms with Crippen LogP contribution >= 0.6 is 11.6 Å². The van der Waals surface area contributed by atoms with Gasteiger partial charge in [0, 0.05) is 10.7 Å². The number of hydrogen-bond acceptors (Lipinski definition) is 3. The number of benzene rings is 1. The molecule has 0 fully saturated rings. The summed E-state index contributed by atoms with van der Waals surface area (Å²) >= 11 is 5.66. The maximum Gasteiger partial charge on any atom is 0.213 e. The largest absolute Gasteiger partial charge is 0.399 e. The molecule has 1 aromatic carbocycles. The van der Waals surface area contributed by atoms with Crippen LogP contribution in [0.1, 0.15) is 5.56 Å². The Hall–Kier alpha value is -0.780. The molecule has 0 amide bonds. The van der Waals surface area contributed by atoms with Crippen LogP contribution in [0, 0.1) is 0 Å². The lowest BCUT2D eigenvalue weighted by molar-refractivity contribution is 0.597. The number of rotatable bonds is 2. The SMILES string of the molecule is Nc1cc(Cl)cc(CS(N)(=O)=O)c1. The van der Waals surface area contributed by atoms with Crippen molar-refractivity contribution in [3.8, 4) is 0 Å². The number of sulfonamides is 1. The van der Waals surface area contributed by atoms with Crippen molar-refractivity contribution in [3.63, 3.8) is 0 Å². The highest BCUT2D eigenvalue weighted by Gasteiger charge is 2.06. The van der Waals surface area contributed by atoms with E-state index in [1.54, 1.807) is 0 Å². The standard InChI is InChI=1S/C7H9ClN2O2S/c8-6-1-5(2-7(9)3-6)4-13(10,11)12/h1-3H,4,9H2,(H2,10,11,12). The number of anilines is 1. The van der Waals surface area contributed by atoms with Crippen LogP contribution in [0.3, 0.4) is 0 Å². The second-order valence-corrected chi connectivity index (χ2v) is 4.75. The molecule has 0 saturated carbocycles. The zero-order valence-electron chi connectivity index (χ0n) is 6.70. The van der Waals surface area contributed by atoms with Crippen LogP contribution < -0.4 is 10.9 Å². The first-order valence-corrected chi connectivity index (χ1v) is 5.51. The maximum atomic E-state index is 10.7. The second-order valence-electron chi connectivity index (χ2n) is 2.70. The van der Waals surface area contributed by atoms with E-state index in [0.29, 0.717) is 16.3 Å². The van der Waals surface area contributed by atoms with Crippen LogP contribution in [0.5, 0.6) is 0 Å². The van der Waals surface area contributed by atoms with Crippen molar-refractivity contribution in [2.24, 2.45) is 5.14 Å². The summed E-state index contributed by atoms with van der Waals surface area (Å²) < 4.78 is 21.4. The predicted octanol–water partition coefficient (Wildman–Crippen LogP) is 0.711. The fourth-order valence-electron chi connectivity index (χ4n) is 0.991. The summed E-state index contributed by atoms with van der Waals surface area (Å²) in [4.78, 5) is 0. The van der Waals surface area contributed by atoms with Crippen LogP contribution in [0.4, 0.5) is 5.69 Å². The first-order chi connectivity index (χ1) is 5.87.